The van der Waals surface area contributed by atoms with Crippen LogP contribution in [-0.2, 0) is 0 Å². The Bertz CT molecular complexity index is 882. The Morgan fingerprint density at radius 1 is 1.00 bits per heavy atom. The van der Waals surface area contributed by atoms with Crippen molar-refractivity contribution in [3.63, 3.8) is 0 Å². The summed E-state index contributed by atoms with van der Waals surface area (Å²) in [6, 6.07) is 6.79. The Balaban J connectivity index is 1.75. The molecule has 1 fully saturated rings. The molecule has 0 N–H and O–H groups in total. The first-order chi connectivity index (χ1) is 11.1. The monoisotopic (exact) mass is 314 g/mol. The SMILES string of the molecule is Bc1ccc2c(oc3c(F)c(OCC4CCCC4)ccc32)c1F. The van der Waals surface area contributed by atoms with Crippen LogP contribution in [0.25, 0.3) is 21.9 Å². The lowest BCUT2D eigenvalue weighted by molar-refractivity contribution is 0.242. The van der Waals surface area contributed by atoms with Gasteiger partial charge in [0.25, 0.3) is 0 Å². The van der Waals surface area contributed by atoms with Crippen LogP contribution in [0.1, 0.15) is 25.7 Å². The van der Waals surface area contributed by atoms with Crippen LogP contribution in [-0.4, -0.2) is 14.5 Å². The van der Waals surface area contributed by atoms with E-state index < -0.39 is 11.6 Å². The summed E-state index contributed by atoms with van der Waals surface area (Å²) < 4.78 is 40.0. The molecule has 0 amide bonds. The zero-order chi connectivity index (χ0) is 16.0. The molecule has 1 aliphatic carbocycles. The fourth-order valence-corrected chi connectivity index (χ4v) is 3.41. The van der Waals surface area contributed by atoms with E-state index in [1.165, 1.54) is 12.8 Å². The molecule has 1 aromatic heterocycles. The van der Waals surface area contributed by atoms with Crippen molar-refractivity contribution in [2.75, 3.05) is 6.61 Å². The molecule has 4 rings (SSSR count). The number of halogens is 2. The Kier molecular flexibility index (Phi) is 3.51. The topological polar surface area (TPSA) is 22.4 Å². The molecule has 0 aliphatic heterocycles. The molecule has 2 nitrogen and oxygen atoms in total. The maximum Gasteiger partial charge on any atom is 0.208 e. The van der Waals surface area contributed by atoms with E-state index in [4.69, 9.17) is 9.15 Å². The van der Waals surface area contributed by atoms with Crippen LogP contribution in [0.3, 0.4) is 0 Å². The van der Waals surface area contributed by atoms with Gasteiger partial charge in [0.1, 0.15) is 7.85 Å². The van der Waals surface area contributed by atoms with E-state index in [-0.39, 0.29) is 16.9 Å². The first kappa shape index (κ1) is 14.6. The Morgan fingerprint density at radius 3 is 2.39 bits per heavy atom. The number of fused-ring (bicyclic) bond motifs is 3. The molecule has 1 heterocycles. The second-order valence-electron chi connectivity index (χ2n) is 6.39. The lowest BCUT2D eigenvalue weighted by atomic mass is 9.94. The van der Waals surface area contributed by atoms with Crippen LogP contribution in [0.15, 0.2) is 28.7 Å². The van der Waals surface area contributed by atoms with Crippen molar-refractivity contribution in [3.8, 4) is 5.75 Å². The second kappa shape index (κ2) is 5.55. The summed E-state index contributed by atoms with van der Waals surface area (Å²) in [6.45, 7) is 0.524. The molecule has 0 saturated heterocycles. The zero-order valence-electron chi connectivity index (χ0n) is 13.0. The fraction of sp³-hybridized carbons (Fsp3) is 0.333. The average molecular weight is 314 g/mol. The quantitative estimate of drug-likeness (QED) is 0.688. The van der Waals surface area contributed by atoms with Gasteiger partial charge in [0, 0.05) is 10.8 Å². The zero-order valence-corrected chi connectivity index (χ0v) is 13.0. The van der Waals surface area contributed by atoms with Crippen LogP contribution >= 0.6 is 0 Å². The second-order valence-corrected chi connectivity index (χ2v) is 6.39. The van der Waals surface area contributed by atoms with Crippen molar-refractivity contribution in [3.05, 3.63) is 35.9 Å². The number of benzene rings is 2. The predicted octanol–water partition coefficient (Wildman–Crippen LogP) is 3.69. The van der Waals surface area contributed by atoms with Crippen molar-refractivity contribution >= 4 is 35.2 Å². The van der Waals surface area contributed by atoms with Crippen molar-refractivity contribution in [1.29, 1.82) is 0 Å². The van der Waals surface area contributed by atoms with E-state index in [2.05, 4.69) is 0 Å². The van der Waals surface area contributed by atoms with Crippen molar-refractivity contribution < 1.29 is 17.9 Å². The smallest absolute Gasteiger partial charge is 0.208 e. The molecule has 0 spiro atoms. The van der Waals surface area contributed by atoms with Crippen LogP contribution in [0, 0.1) is 17.6 Å². The minimum atomic E-state index is -0.547. The van der Waals surface area contributed by atoms with Gasteiger partial charge in [-0.1, -0.05) is 30.4 Å². The van der Waals surface area contributed by atoms with Gasteiger partial charge in [0.05, 0.1) is 6.61 Å². The Hall–Kier alpha value is -2.04. The van der Waals surface area contributed by atoms with E-state index in [0.29, 0.717) is 28.8 Å². The lowest BCUT2D eigenvalue weighted by Gasteiger charge is -2.11. The van der Waals surface area contributed by atoms with Gasteiger partial charge >= 0.3 is 0 Å². The van der Waals surface area contributed by atoms with Crippen LogP contribution in [0.2, 0.25) is 0 Å². The van der Waals surface area contributed by atoms with Gasteiger partial charge in [0.15, 0.2) is 22.7 Å². The molecule has 3 aromatic rings. The maximum absolute atomic E-state index is 14.7. The highest BCUT2D eigenvalue weighted by molar-refractivity contribution is 6.33. The molecular weight excluding hydrogens is 297 g/mol. The maximum atomic E-state index is 14.7. The van der Waals surface area contributed by atoms with Gasteiger partial charge < -0.3 is 9.15 Å². The first-order valence-corrected chi connectivity index (χ1v) is 8.08. The molecule has 1 saturated carbocycles. The van der Waals surface area contributed by atoms with Gasteiger partial charge in [0.2, 0.25) is 5.82 Å². The lowest BCUT2D eigenvalue weighted by Crippen LogP contribution is -2.08. The van der Waals surface area contributed by atoms with Crippen molar-refractivity contribution in [2.24, 2.45) is 5.92 Å². The van der Waals surface area contributed by atoms with Crippen molar-refractivity contribution in [1.82, 2.24) is 0 Å². The van der Waals surface area contributed by atoms with E-state index in [1.807, 2.05) is 0 Å². The van der Waals surface area contributed by atoms with Crippen LogP contribution in [0.5, 0.6) is 5.75 Å². The van der Waals surface area contributed by atoms with E-state index >= 15 is 0 Å². The van der Waals surface area contributed by atoms with Gasteiger partial charge in [-0.25, -0.2) is 4.39 Å². The standard InChI is InChI=1S/C18H17BF2O2/c19-13-7-5-11-12-6-8-14(22-9-10-3-1-2-4-10)16(21)18(12)23-17(11)15(13)20/h5-8,10H,1-4,9,19H2. The van der Waals surface area contributed by atoms with E-state index in [9.17, 15) is 8.78 Å². The number of hydrogen-bond donors (Lipinski definition) is 0. The van der Waals surface area contributed by atoms with Crippen LogP contribution < -0.4 is 10.2 Å². The largest absolute Gasteiger partial charge is 0.490 e. The highest BCUT2D eigenvalue weighted by Gasteiger charge is 2.20. The predicted molar refractivity (Wildman–Crippen MR) is 89.3 cm³/mol. The molecule has 1 aliphatic rings. The highest BCUT2D eigenvalue weighted by Crippen LogP contribution is 2.35. The molecule has 0 radical (unpaired) electrons. The summed E-state index contributed by atoms with van der Waals surface area (Å²) in [5.74, 6) is -0.304. The molecule has 0 bridgehead atoms. The summed E-state index contributed by atoms with van der Waals surface area (Å²) in [7, 11) is 1.66. The highest BCUT2D eigenvalue weighted by atomic mass is 19.1. The average Bonchev–Trinajstić information content (AvgIpc) is 3.18. The molecule has 23 heavy (non-hydrogen) atoms. The van der Waals surface area contributed by atoms with Gasteiger partial charge in [-0.05, 0) is 30.9 Å². The normalized spacial score (nSPS) is 15.7. The summed E-state index contributed by atoms with van der Waals surface area (Å²) in [4.78, 5) is 0. The Morgan fingerprint density at radius 2 is 1.65 bits per heavy atom. The third-order valence-electron chi connectivity index (χ3n) is 4.80. The van der Waals surface area contributed by atoms with Gasteiger partial charge in [-0.15, -0.1) is 0 Å². The molecule has 118 valence electrons. The summed E-state index contributed by atoms with van der Waals surface area (Å²) in [5.41, 5.74) is 0.648. The summed E-state index contributed by atoms with van der Waals surface area (Å²) >= 11 is 0. The molecular formula is C18H17BF2O2. The number of ether oxygens (including phenoxy) is 1. The van der Waals surface area contributed by atoms with Gasteiger partial charge in [-0.2, -0.15) is 4.39 Å². The van der Waals surface area contributed by atoms with Gasteiger partial charge in [-0.3, -0.25) is 0 Å². The first-order valence-electron chi connectivity index (χ1n) is 8.08. The number of rotatable bonds is 3. The van der Waals surface area contributed by atoms with E-state index in [0.717, 1.165) is 12.8 Å². The molecule has 0 unspecified atom stereocenters. The minimum absolute atomic E-state index is 0.0634. The third kappa shape index (κ3) is 2.39. The Labute approximate surface area is 133 Å². The summed E-state index contributed by atoms with van der Waals surface area (Å²) in [6.07, 6.45) is 4.72. The number of furan rings is 1. The minimum Gasteiger partial charge on any atom is -0.490 e. The van der Waals surface area contributed by atoms with Crippen molar-refractivity contribution in [2.45, 2.75) is 25.7 Å². The molecule has 2 aromatic carbocycles. The van der Waals surface area contributed by atoms with E-state index in [1.54, 1.807) is 32.1 Å². The van der Waals surface area contributed by atoms with Crippen LogP contribution in [0.4, 0.5) is 8.78 Å². The fourth-order valence-electron chi connectivity index (χ4n) is 3.41. The third-order valence-corrected chi connectivity index (χ3v) is 4.80. The molecule has 5 heteroatoms. The molecule has 0 atom stereocenters. The number of hydrogen-bond acceptors (Lipinski definition) is 2. The summed E-state index contributed by atoms with van der Waals surface area (Å²) in [5, 5.41) is 1.16.